The Morgan fingerprint density at radius 1 is 1.09 bits per heavy atom. The van der Waals surface area contributed by atoms with Crippen LogP contribution in [0.5, 0.6) is 11.5 Å². The third-order valence-corrected chi connectivity index (χ3v) is 6.04. The summed E-state index contributed by atoms with van der Waals surface area (Å²) in [5, 5.41) is 4.04. The lowest BCUT2D eigenvalue weighted by Gasteiger charge is -2.23. The molecule has 0 unspecified atom stereocenters. The van der Waals surface area contributed by atoms with Crippen LogP contribution in [-0.2, 0) is 6.54 Å². The number of fused-ring (bicyclic) bond motifs is 1. The van der Waals surface area contributed by atoms with Crippen molar-refractivity contribution in [3.05, 3.63) is 64.1 Å². The van der Waals surface area contributed by atoms with Gasteiger partial charge in [0.25, 0.3) is 11.5 Å². The molecule has 0 bridgehead atoms. The fraction of sp³-hybridized carbons (Fsp3) is 0.429. The summed E-state index contributed by atoms with van der Waals surface area (Å²) in [5.41, 5.74) is 2.71. The molecule has 0 saturated heterocycles. The van der Waals surface area contributed by atoms with Crippen LogP contribution in [-0.4, -0.2) is 44.3 Å². The molecule has 0 fully saturated rings. The number of benzene rings is 2. The number of aryl methyl sites for hydroxylation is 1. The van der Waals surface area contributed by atoms with Crippen LogP contribution < -0.4 is 25.2 Å². The molecule has 0 aliphatic rings. The molecule has 7 nitrogen and oxygen atoms in total. The fourth-order valence-electron chi connectivity index (χ4n) is 4.29. The molecule has 0 aliphatic carbocycles. The van der Waals surface area contributed by atoms with Gasteiger partial charge in [-0.25, -0.2) is 0 Å². The van der Waals surface area contributed by atoms with E-state index in [0.717, 1.165) is 19.5 Å². The predicted molar refractivity (Wildman–Crippen MR) is 142 cm³/mol. The Kier molecular flexibility index (Phi) is 8.79. The highest BCUT2D eigenvalue weighted by atomic mass is 16.5. The monoisotopic (exact) mass is 479 g/mol. The van der Waals surface area contributed by atoms with Gasteiger partial charge in [0, 0.05) is 43.4 Å². The summed E-state index contributed by atoms with van der Waals surface area (Å²) in [5.74, 6) is 0.981. The predicted octanol–water partition coefficient (Wildman–Crippen LogP) is 4.63. The Hall–Kier alpha value is -3.48. The topological polar surface area (TPSA) is 72.8 Å². The van der Waals surface area contributed by atoms with Crippen molar-refractivity contribution in [2.24, 2.45) is 5.92 Å². The van der Waals surface area contributed by atoms with Crippen LogP contribution in [0.4, 0.5) is 5.69 Å². The molecule has 3 rings (SSSR count). The van der Waals surface area contributed by atoms with Crippen molar-refractivity contribution in [3.8, 4) is 11.5 Å². The molecule has 0 saturated carbocycles. The van der Waals surface area contributed by atoms with E-state index in [1.807, 2.05) is 13.8 Å². The normalized spacial score (nSPS) is 11.1. The highest BCUT2D eigenvalue weighted by Crippen LogP contribution is 2.32. The Bertz CT molecular complexity index is 1230. The summed E-state index contributed by atoms with van der Waals surface area (Å²) >= 11 is 0. The number of nitrogens with zero attached hydrogens (tertiary/aromatic N) is 2. The lowest BCUT2D eigenvalue weighted by Crippen LogP contribution is -2.31. The van der Waals surface area contributed by atoms with E-state index in [-0.39, 0.29) is 17.4 Å². The molecule has 0 aliphatic heterocycles. The minimum atomic E-state index is -0.210. The van der Waals surface area contributed by atoms with Crippen molar-refractivity contribution < 1.29 is 14.3 Å². The second-order valence-corrected chi connectivity index (χ2v) is 9.18. The first-order chi connectivity index (χ1) is 16.8. The maximum Gasteiger partial charge on any atom is 0.258 e. The number of hydrogen-bond donors (Lipinski definition) is 1. The molecule has 3 aromatic rings. The zero-order chi connectivity index (χ0) is 25.5. The van der Waals surface area contributed by atoms with E-state index in [4.69, 9.17) is 9.47 Å². The molecule has 1 amide bonds. The number of hydrogen-bond acceptors (Lipinski definition) is 5. The van der Waals surface area contributed by atoms with Crippen molar-refractivity contribution in [1.29, 1.82) is 0 Å². The van der Waals surface area contributed by atoms with Crippen LogP contribution in [0.2, 0.25) is 0 Å². The SMILES string of the molecule is CCN(CCCNC(=O)c1cn(CC(C)C)c(=O)c2cc(OC)c(OC)cc12)c1cccc(C)c1. The van der Waals surface area contributed by atoms with Gasteiger partial charge in [0.05, 0.1) is 25.2 Å². The molecule has 1 heterocycles. The van der Waals surface area contributed by atoms with Gasteiger partial charge in [0.1, 0.15) is 0 Å². The number of rotatable bonds is 11. The molecule has 1 N–H and O–H groups in total. The van der Waals surface area contributed by atoms with Crippen LogP contribution >= 0.6 is 0 Å². The van der Waals surface area contributed by atoms with E-state index in [0.29, 0.717) is 40.9 Å². The van der Waals surface area contributed by atoms with Crippen LogP contribution in [0, 0.1) is 12.8 Å². The number of methoxy groups -OCH3 is 2. The number of aromatic nitrogens is 1. The first kappa shape index (κ1) is 26.1. The Morgan fingerprint density at radius 2 is 1.77 bits per heavy atom. The van der Waals surface area contributed by atoms with Gasteiger partial charge in [-0.15, -0.1) is 0 Å². The maximum absolute atomic E-state index is 13.3. The van der Waals surface area contributed by atoms with E-state index in [1.54, 1.807) is 22.9 Å². The van der Waals surface area contributed by atoms with Gasteiger partial charge in [-0.2, -0.15) is 0 Å². The molecule has 2 aromatic carbocycles. The summed E-state index contributed by atoms with van der Waals surface area (Å²) in [4.78, 5) is 28.7. The molecule has 0 atom stereocenters. The highest BCUT2D eigenvalue weighted by molar-refractivity contribution is 6.07. The van der Waals surface area contributed by atoms with Crippen LogP contribution in [0.15, 0.2) is 47.4 Å². The lowest BCUT2D eigenvalue weighted by atomic mass is 10.0. The van der Waals surface area contributed by atoms with E-state index in [1.165, 1.54) is 25.5 Å². The highest BCUT2D eigenvalue weighted by Gasteiger charge is 2.18. The molecule has 188 valence electrons. The van der Waals surface area contributed by atoms with Gasteiger partial charge in [0.2, 0.25) is 0 Å². The van der Waals surface area contributed by atoms with Gasteiger partial charge >= 0.3 is 0 Å². The summed E-state index contributed by atoms with van der Waals surface area (Å²) in [7, 11) is 3.07. The number of anilines is 1. The summed E-state index contributed by atoms with van der Waals surface area (Å²) in [6.45, 7) is 11.1. The quantitative estimate of drug-likeness (QED) is 0.406. The zero-order valence-corrected chi connectivity index (χ0v) is 21.7. The second-order valence-electron chi connectivity index (χ2n) is 9.18. The maximum atomic E-state index is 13.3. The van der Waals surface area contributed by atoms with Crippen LogP contribution in [0.3, 0.4) is 0 Å². The van der Waals surface area contributed by atoms with Crippen molar-refractivity contribution in [3.63, 3.8) is 0 Å². The van der Waals surface area contributed by atoms with Crippen molar-refractivity contribution in [2.45, 2.75) is 40.7 Å². The number of amides is 1. The summed E-state index contributed by atoms with van der Waals surface area (Å²) in [6.07, 6.45) is 2.46. The Labute approximate surface area is 207 Å². The molecular weight excluding hydrogens is 442 g/mol. The third-order valence-electron chi connectivity index (χ3n) is 6.04. The number of nitrogens with one attached hydrogen (secondary N) is 1. The van der Waals surface area contributed by atoms with Gasteiger partial charge < -0.3 is 24.3 Å². The number of carbonyl (C=O) groups excluding carboxylic acids is 1. The van der Waals surface area contributed by atoms with Gasteiger partial charge in [0.15, 0.2) is 11.5 Å². The fourth-order valence-corrected chi connectivity index (χ4v) is 4.29. The van der Waals surface area contributed by atoms with E-state index in [9.17, 15) is 9.59 Å². The van der Waals surface area contributed by atoms with Gasteiger partial charge in [-0.3, -0.25) is 9.59 Å². The second kappa shape index (κ2) is 11.8. The molecule has 1 aromatic heterocycles. The first-order valence-corrected chi connectivity index (χ1v) is 12.2. The van der Waals surface area contributed by atoms with E-state index < -0.39 is 0 Å². The molecular formula is C28H37N3O4. The smallest absolute Gasteiger partial charge is 0.258 e. The van der Waals surface area contributed by atoms with Crippen molar-refractivity contribution in [1.82, 2.24) is 9.88 Å². The Balaban J connectivity index is 1.83. The standard InChI is InChI=1S/C28H37N3O4/c1-7-30(21-11-8-10-20(4)14-21)13-9-12-29-27(32)24-18-31(17-19(2)3)28(33)23-16-26(35-6)25(34-5)15-22(23)24/h8,10-11,14-16,18-19H,7,9,12-13,17H2,1-6H3,(H,29,32). The first-order valence-electron chi connectivity index (χ1n) is 12.2. The average Bonchev–Trinajstić information content (AvgIpc) is 2.84. The average molecular weight is 480 g/mol. The summed E-state index contributed by atoms with van der Waals surface area (Å²) in [6, 6.07) is 11.8. The number of carbonyl (C=O) groups is 1. The number of ether oxygens (including phenoxy) is 2. The van der Waals surface area contributed by atoms with Crippen molar-refractivity contribution in [2.75, 3.05) is 38.8 Å². The Morgan fingerprint density at radius 3 is 2.37 bits per heavy atom. The largest absolute Gasteiger partial charge is 0.493 e. The molecule has 0 radical (unpaired) electrons. The van der Waals surface area contributed by atoms with Gasteiger partial charge in [-0.05, 0) is 56.0 Å². The van der Waals surface area contributed by atoms with E-state index in [2.05, 4.69) is 48.3 Å². The zero-order valence-electron chi connectivity index (χ0n) is 21.7. The lowest BCUT2D eigenvalue weighted by molar-refractivity contribution is 0.0954. The molecule has 35 heavy (non-hydrogen) atoms. The van der Waals surface area contributed by atoms with E-state index >= 15 is 0 Å². The van der Waals surface area contributed by atoms with Crippen LogP contribution in [0.25, 0.3) is 10.8 Å². The van der Waals surface area contributed by atoms with Gasteiger partial charge in [-0.1, -0.05) is 26.0 Å². The molecule has 7 heteroatoms. The minimum absolute atomic E-state index is 0.150. The minimum Gasteiger partial charge on any atom is -0.493 e. The third kappa shape index (κ3) is 6.15. The van der Waals surface area contributed by atoms with Crippen LogP contribution in [0.1, 0.15) is 43.1 Å². The summed E-state index contributed by atoms with van der Waals surface area (Å²) < 4.78 is 12.4. The number of pyridine rings is 1. The van der Waals surface area contributed by atoms with Crippen molar-refractivity contribution >= 4 is 22.4 Å². The molecule has 0 spiro atoms.